The number of amides is 1. The predicted molar refractivity (Wildman–Crippen MR) is 152 cm³/mol. The van der Waals surface area contributed by atoms with Crippen molar-refractivity contribution in [2.45, 2.75) is 70.5 Å². The van der Waals surface area contributed by atoms with E-state index in [0.29, 0.717) is 30.5 Å². The third-order valence-corrected chi connectivity index (χ3v) is 7.41. The highest BCUT2D eigenvalue weighted by Gasteiger charge is 2.32. The van der Waals surface area contributed by atoms with Crippen LogP contribution in [0.3, 0.4) is 0 Å². The fraction of sp³-hybridized carbons (Fsp3) is 0.500. The summed E-state index contributed by atoms with van der Waals surface area (Å²) in [5.41, 5.74) is 5.06. The number of nitrogens with one attached hydrogen (secondary N) is 1. The molecule has 2 fully saturated rings. The van der Waals surface area contributed by atoms with Crippen molar-refractivity contribution in [2.75, 3.05) is 25.1 Å². The SMILES string of the molecule is COc1c(N2CCC/C(=C(\F)CCC(=O)[C@H](C)NC(=O)[C@H](C)N)C2)c(F)cc2c(=O)c(C(=O)O)cn(C3CC3)c12.Cl. The van der Waals surface area contributed by atoms with Gasteiger partial charge < -0.3 is 30.4 Å². The molecule has 13 heteroatoms. The number of carbonyl (C=O) groups excluding carboxylic acids is 2. The summed E-state index contributed by atoms with van der Waals surface area (Å²) in [5.74, 6) is -3.35. The van der Waals surface area contributed by atoms with Crippen LogP contribution >= 0.6 is 12.4 Å². The first-order valence-corrected chi connectivity index (χ1v) is 13.3. The van der Waals surface area contributed by atoms with Gasteiger partial charge in [0.2, 0.25) is 11.3 Å². The number of nitrogens with zero attached hydrogens (tertiary/aromatic N) is 2. The molecule has 0 radical (unpaired) electrons. The number of piperidine rings is 1. The Morgan fingerprint density at radius 3 is 2.51 bits per heavy atom. The van der Waals surface area contributed by atoms with E-state index in [1.807, 2.05) is 0 Å². The Morgan fingerprint density at radius 2 is 1.93 bits per heavy atom. The number of aromatic nitrogens is 1. The molecule has 2 atom stereocenters. The van der Waals surface area contributed by atoms with Crippen LogP contribution in [0, 0.1) is 5.82 Å². The zero-order valence-corrected chi connectivity index (χ0v) is 24.0. The molecular weight excluding hydrogens is 562 g/mol. The van der Waals surface area contributed by atoms with Gasteiger partial charge in [0.15, 0.2) is 17.3 Å². The van der Waals surface area contributed by atoms with Crippen molar-refractivity contribution in [3.05, 3.63) is 45.3 Å². The van der Waals surface area contributed by atoms with Crippen molar-refractivity contribution in [1.82, 2.24) is 9.88 Å². The molecule has 41 heavy (non-hydrogen) atoms. The van der Waals surface area contributed by atoms with Gasteiger partial charge in [-0.25, -0.2) is 13.6 Å². The van der Waals surface area contributed by atoms with Gasteiger partial charge in [0.05, 0.1) is 30.1 Å². The van der Waals surface area contributed by atoms with Crippen molar-refractivity contribution < 1.29 is 33.0 Å². The number of fused-ring (bicyclic) bond motifs is 1. The average Bonchev–Trinajstić information content (AvgIpc) is 3.76. The molecule has 1 saturated carbocycles. The third kappa shape index (κ3) is 6.70. The number of carboxylic acid groups (broad SMARTS) is 1. The zero-order chi connectivity index (χ0) is 29.3. The number of nitrogens with two attached hydrogens (primary N) is 1. The molecule has 1 aliphatic heterocycles. The summed E-state index contributed by atoms with van der Waals surface area (Å²) < 4.78 is 38.2. The Hall–Kier alpha value is -3.51. The van der Waals surface area contributed by atoms with Gasteiger partial charge in [-0.15, -0.1) is 12.4 Å². The van der Waals surface area contributed by atoms with Gasteiger partial charge in [-0.05, 0) is 51.2 Å². The standard InChI is InChI=1S/C28H34F2N4O6.ClH/c1-14(31)27(37)32-15(2)22(35)9-8-20(29)16-5-4-10-33(12-16)24-21(30)11-18-23(26(24)40-3)34(17-6-7-17)13-19(25(18)36)28(38)39;/h11,13-15,17H,4-10,12,31H2,1-3H3,(H,32,37)(H,38,39);1H/b20-16+;/t14-,15-;/m0./s1. The number of aromatic carboxylic acids is 1. The van der Waals surface area contributed by atoms with Crippen molar-refractivity contribution in [3.63, 3.8) is 0 Å². The van der Waals surface area contributed by atoms with Crippen LogP contribution in [0.1, 0.15) is 68.8 Å². The molecule has 1 amide bonds. The number of ether oxygens (including phenoxy) is 1. The van der Waals surface area contributed by atoms with E-state index in [4.69, 9.17) is 10.5 Å². The zero-order valence-electron chi connectivity index (χ0n) is 23.2. The van der Waals surface area contributed by atoms with Crippen LogP contribution in [-0.2, 0) is 9.59 Å². The highest BCUT2D eigenvalue weighted by Crippen LogP contribution is 2.44. The second kappa shape index (κ2) is 13.0. The second-order valence-electron chi connectivity index (χ2n) is 10.5. The Kier molecular flexibility index (Phi) is 10.1. The average molecular weight is 597 g/mol. The number of allylic oxidation sites excluding steroid dienone is 1. The quantitative estimate of drug-likeness (QED) is 0.377. The van der Waals surface area contributed by atoms with Crippen molar-refractivity contribution in [2.24, 2.45) is 5.73 Å². The molecule has 2 heterocycles. The number of anilines is 1. The van der Waals surface area contributed by atoms with Crippen LogP contribution in [0.25, 0.3) is 10.9 Å². The maximum atomic E-state index is 15.6. The summed E-state index contributed by atoms with van der Waals surface area (Å²) in [4.78, 5) is 50.4. The summed E-state index contributed by atoms with van der Waals surface area (Å²) >= 11 is 0. The van der Waals surface area contributed by atoms with Gasteiger partial charge >= 0.3 is 5.97 Å². The molecule has 1 aromatic heterocycles. The minimum Gasteiger partial charge on any atom is -0.492 e. The van der Waals surface area contributed by atoms with Crippen LogP contribution in [-0.4, -0.2) is 59.6 Å². The lowest BCUT2D eigenvalue weighted by molar-refractivity contribution is -0.127. The number of benzene rings is 1. The van der Waals surface area contributed by atoms with E-state index in [9.17, 15) is 24.3 Å². The smallest absolute Gasteiger partial charge is 0.341 e. The molecule has 4 N–H and O–H groups in total. The summed E-state index contributed by atoms with van der Waals surface area (Å²) in [5, 5.41) is 11.9. The van der Waals surface area contributed by atoms with E-state index >= 15 is 8.78 Å². The Morgan fingerprint density at radius 1 is 1.24 bits per heavy atom. The van der Waals surface area contributed by atoms with Gasteiger partial charge in [-0.2, -0.15) is 0 Å². The minimum atomic E-state index is -1.39. The van der Waals surface area contributed by atoms with Gasteiger partial charge in [-0.1, -0.05) is 0 Å². The number of Topliss-reactive ketones (excluding diaryl/α,β-unsaturated/α-hetero) is 1. The van der Waals surface area contributed by atoms with Crippen molar-refractivity contribution in [1.29, 1.82) is 0 Å². The topological polar surface area (TPSA) is 144 Å². The summed E-state index contributed by atoms with van der Waals surface area (Å²) in [6, 6.07) is -0.583. The monoisotopic (exact) mass is 596 g/mol. The number of rotatable bonds is 10. The number of carbonyl (C=O) groups is 3. The first-order chi connectivity index (χ1) is 18.9. The van der Waals surface area contributed by atoms with Gasteiger partial charge in [0.1, 0.15) is 17.1 Å². The highest BCUT2D eigenvalue weighted by molar-refractivity contribution is 5.97. The molecule has 10 nitrogen and oxygen atoms in total. The van der Waals surface area contributed by atoms with E-state index in [1.54, 1.807) is 9.47 Å². The van der Waals surface area contributed by atoms with E-state index < -0.39 is 46.6 Å². The fourth-order valence-electron chi connectivity index (χ4n) is 5.06. The van der Waals surface area contributed by atoms with Gasteiger partial charge in [0, 0.05) is 38.2 Å². The second-order valence-corrected chi connectivity index (χ2v) is 10.5. The Bertz CT molecular complexity index is 1450. The van der Waals surface area contributed by atoms with Crippen LogP contribution < -0.4 is 26.1 Å². The van der Waals surface area contributed by atoms with Crippen LogP contribution in [0.2, 0.25) is 0 Å². The molecule has 1 aromatic carbocycles. The van der Waals surface area contributed by atoms with E-state index in [2.05, 4.69) is 5.32 Å². The largest absolute Gasteiger partial charge is 0.492 e. The normalized spacial score (nSPS) is 17.9. The molecule has 2 aromatic rings. The van der Waals surface area contributed by atoms with E-state index in [0.717, 1.165) is 18.9 Å². The van der Waals surface area contributed by atoms with Gasteiger partial charge in [0.25, 0.3) is 0 Å². The highest BCUT2D eigenvalue weighted by atomic mass is 35.5. The minimum absolute atomic E-state index is 0. The number of methoxy groups -OCH3 is 1. The first-order valence-electron chi connectivity index (χ1n) is 13.3. The molecule has 4 rings (SSSR count). The number of hydrogen-bond acceptors (Lipinski definition) is 7. The van der Waals surface area contributed by atoms with Crippen molar-refractivity contribution >= 4 is 46.7 Å². The van der Waals surface area contributed by atoms with Crippen LogP contribution in [0.4, 0.5) is 14.5 Å². The van der Waals surface area contributed by atoms with Crippen LogP contribution in [0.5, 0.6) is 5.75 Å². The predicted octanol–water partition coefficient (Wildman–Crippen LogP) is 3.63. The lowest BCUT2D eigenvalue weighted by Gasteiger charge is -2.33. The molecule has 1 saturated heterocycles. The maximum absolute atomic E-state index is 15.6. The summed E-state index contributed by atoms with van der Waals surface area (Å²) in [6.45, 7) is 3.47. The van der Waals surface area contributed by atoms with Crippen LogP contribution in [0.15, 0.2) is 28.5 Å². The van der Waals surface area contributed by atoms with Gasteiger partial charge in [-0.3, -0.25) is 14.4 Å². The third-order valence-electron chi connectivity index (χ3n) is 7.41. The molecule has 0 spiro atoms. The summed E-state index contributed by atoms with van der Waals surface area (Å²) in [6.07, 6.45) is 3.51. The number of carboxylic acids is 1. The lowest BCUT2D eigenvalue weighted by atomic mass is 9.99. The molecule has 0 unspecified atom stereocenters. The van der Waals surface area contributed by atoms with E-state index in [-0.39, 0.29) is 60.4 Å². The molecule has 224 valence electrons. The van der Waals surface area contributed by atoms with E-state index in [1.165, 1.54) is 27.2 Å². The first kappa shape index (κ1) is 32.0. The summed E-state index contributed by atoms with van der Waals surface area (Å²) in [7, 11) is 1.35. The number of halogens is 3. The molecular formula is C28H35ClF2N4O6. The molecule has 2 aliphatic rings. The number of hydrogen-bond donors (Lipinski definition) is 3. The number of ketones is 1. The molecule has 0 bridgehead atoms. The lowest BCUT2D eigenvalue weighted by Crippen LogP contribution is -2.45. The van der Waals surface area contributed by atoms with Crippen molar-refractivity contribution in [3.8, 4) is 5.75 Å². The molecule has 1 aliphatic carbocycles. The fourth-order valence-corrected chi connectivity index (χ4v) is 5.06. The number of pyridine rings is 1. The Balaban J connectivity index is 0.00000462. The maximum Gasteiger partial charge on any atom is 0.341 e. The Labute approximate surface area is 241 Å².